The first kappa shape index (κ1) is 20.4. The van der Waals surface area contributed by atoms with Crippen LogP contribution in [0.4, 0.5) is 0 Å². The highest BCUT2D eigenvalue weighted by Crippen LogP contribution is 2.47. The number of Topliss-reactive ketones (excluding diaryl/α,β-unsaturated/α-hetero) is 1. The molecule has 28 heavy (non-hydrogen) atoms. The van der Waals surface area contributed by atoms with Gasteiger partial charge in [0.15, 0.2) is 11.4 Å². The average molecular weight is 388 g/mol. The van der Waals surface area contributed by atoms with Crippen LogP contribution >= 0.6 is 0 Å². The maximum absolute atomic E-state index is 12.9. The zero-order valence-corrected chi connectivity index (χ0v) is 17.0. The van der Waals surface area contributed by atoms with Crippen molar-refractivity contribution in [3.8, 4) is 11.5 Å². The van der Waals surface area contributed by atoms with Gasteiger partial charge in [0.25, 0.3) is 0 Å². The van der Waals surface area contributed by atoms with Gasteiger partial charge in [-0.15, -0.1) is 0 Å². The maximum Gasteiger partial charge on any atom is 0.336 e. The number of aliphatic hydroxyl groups excluding tert-OH is 1. The van der Waals surface area contributed by atoms with Crippen LogP contribution in [0, 0.1) is 0 Å². The number of rotatable bonds is 7. The largest absolute Gasteiger partial charge is 0.490 e. The summed E-state index contributed by atoms with van der Waals surface area (Å²) in [5, 5.41) is 9.95. The fraction of sp³-hybridized carbons (Fsp3) is 0.545. The fourth-order valence-electron chi connectivity index (χ4n) is 3.77. The lowest BCUT2D eigenvalue weighted by Crippen LogP contribution is -2.33. The van der Waals surface area contributed by atoms with Crippen molar-refractivity contribution in [3.05, 3.63) is 33.2 Å². The molecule has 1 N–H and O–H groups in total. The Hall–Kier alpha value is -2.34. The van der Waals surface area contributed by atoms with E-state index in [1.165, 1.54) is 6.07 Å². The molecular formula is C22H28O6. The summed E-state index contributed by atoms with van der Waals surface area (Å²) in [7, 11) is 0. The molecule has 3 rings (SSSR count). The summed E-state index contributed by atoms with van der Waals surface area (Å²) >= 11 is 0. The predicted octanol–water partition coefficient (Wildman–Crippen LogP) is 3.81. The second-order valence-corrected chi connectivity index (χ2v) is 7.77. The molecule has 1 aliphatic rings. The van der Waals surface area contributed by atoms with E-state index in [1.807, 2.05) is 20.8 Å². The Morgan fingerprint density at radius 2 is 2.07 bits per heavy atom. The van der Waals surface area contributed by atoms with Gasteiger partial charge in [0.2, 0.25) is 0 Å². The van der Waals surface area contributed by atoms with Crippen molar-refractivity contribution in [1.29, 1.82) is 0 Å². The molecule has 0 radical (unpaired) electrons. The molecule has 0 amide bonds. The number of aryl methyl sites for hydroxylation is 1. The Kier molecular flexibility index (Phi) is 5.79. The predicted molar refractivity (Wildman–Crippen MR) is 107 cm³/mol. The summed E-state index contributed by atoms with van der Waals surface area (Å²) in [6.45, 7) is 7.69. The summed E-state index contributed by atoms with van der Waals surface area (Å²) in [5.74, 6) is 0.831. The lowest BCUT2D eigenvalue weighted by Gasteiger charge is -2.35. The highest BCUT2D eigenvalue weighted by Gasteiger charge is 2.35. The molecule has 1 aliphatic heterocycles. The van der Waals surface area contributed by atoms with Gasteiger partial charge in [0.05, 0.1) is 12.0 Å². The minimum absolute atomic E-state index is 0.0458. The molecule has 1 aromatic carbocycles. The summed E-state index contributed by atoms with van der Waals surface area (Å²) in [6, 6.07) is 1.49. The average Bonchev–Trinajstić information content (AvgIpc) is 2.64. The standard InChI is InChI=1S/C22H28O6/c1-5-7-13-12-16(25)27-21-17(13)20-14(8-9-22(3,4)28-20)19(26-11-10-23)18(21)15(24)6-2/h12,23H,5-11H2,1-4H3. The first-order valence-corrected chi connectivity index (χ1v) is 9.94. The van der Waals surface area contributed by atoms with E-state index >= 15 is 0 Å². The molecule has 2 aromatic rings. The SMILES string of the molecule is CCCc1cc(=O)oc2c(C(=O)CC)c(OCCO)c3c(c12)OC(C)(C)CC3. The molecule has 2 heterocycles. The second kappa shape index (κ2) is 7.95. The Labute approximate surface area is 164 Å². The molecule has 0 saturated carbocycles. The smallest absolute Gasteiger partial charge is 0.336 e. The van der Waals surface area contributed by atoms with Gasteiger partial charge < -0.3 is 19.0 Å². The first-order chi connectivity index (χ1) is 13.3. The molecule has 0 saturated heterocycles. The van der Waals surface area contributed by atoms with Gasteiger partial charge in [-0.2, -0.15) is 0 Å². The number of hydrogen-bond acceptors (Lipinski definition) is 6. The lowest BCUT2D eigenvalue weighted by molar-refractivity contribution is 0.0845. The van der Waals surface area contributed by atoms with Crippen LogP contribution in [0.1, 0.15) is 68.4 Å². The van der Waals surface area contributed by atoms with Crippen LogP contribution in [0.2, 0.25) is 0 Å². The first-order valence-electron chi connectivity index (χ1n) is 9.94. The molecule has 0 fully saturated rings. The Morgan fingerprint density at radius 3 is 2.71 bits per heavy atom. The van der Waals surface area contributed by atoms with E-state index in [-0.39, 0.29) is 42.2 Å². The van der Waals surface area contributed by atoms with Crippen LogP contribution < -0.4 is 15.1 Å². The van der Waals surface area contributed by atoms with Gasteiger partial charge in [0, 0.05) is 18.1 Å². The molecule has 0 aliphatic carbocycles. The van der Waals surface area contributed by atoms with Crippen molar-refractivity contribution >= 4 is 16.8 Å². The minimum atomic E-state index is -0.496. The third kappa shape index (κ3) is 3.65. The fourth-order valence-corrected chi connectivity index (χ4v) is 3.77. The van der Waals surface area contributed by atoms with E-state index in [9.17, 15) is 14.7 Å². The molecule has 0 unspecified atom stereocenters. The zero-order chi connectivity index (χ0) is 20.5. The minimum Gasteiger partial charge on any atom is -0.490 e. The van der Waals surface area contributed by atoms with E-state index in [0.717, 1.165) is 24.0 Å². The van der Waals surface area contributed by atoms with E-state index in [1.54, 1.807) is 6.92 Å². The summed E-state index contributed by atoms with van der Waals surface area (Å²) in [6.07, 6.45) is 3.21. The molecule has 1 aromatic heterocycles. The Balaban J connectivity index is 2.47. The number of ether oxygens (including phenoxy) is 2. The van der Waals surface area contributed by atoms with Gasteiger partial charge in [-0.1, -0.05) is 20.3 Å². The highest BCUT2D eigenvalue weighted by molar-refractivity contribution is 6.11. The van der Waals surface area contributed by atoms with Gasteiger partial charge >= 0.3 is 5.63 Å². The van der Waals surface area contributed by atoms with Crippen LogP contribution in [-0.2, 0) is 12.8 Å². The van der Waals surface area contributed by atoms with Crippen LogP contribution in [-0.4, -0.2) is 29.7 Å². The maximum atomic E-state index is 12.9. The lowest BCUT2D eigenvalue weighted by atomic mass is 9.88. The molecule has 0 spiro atoms. The Bertz CT molecular complexity index is 954. The number of aliphatic hydroxyl groups is 1. The molecular weight excluding hydrogens is 360 g/mol. The van der Waals surface area contributed by atoms with Crippen molar-refractivity contribution in [1.82, 2.24) is 0 Å². The van der Waals surface area contributed by atoms with Crippen molar-refractivity contribution in [2.24, 2.45) is 0 Å². The molecule has 0 atom stereocenters. The number of benzene rings is 1. The molecule has 6 heteroatoms. The van der Waals surface area contributed by atoms with Crippen molar-refractivity contribution in [2.75, 3.05) is 13.2 Å². The van der Waals surface area contributed by atoms with E-state index < -0.39 is 5.63 Å². The third-order valence-electron chi connectivity index (χ3n) is 5.08. The summed E-state index contributed by atoms with van der Waals surface area (Å²) < 4.78 is 17.7. The van der Waals surface area contributed by atoms with E-state index in [2.05, 4.69) is 0 Å². The number of carbonyl (C=O) groups is 1. The van der Waals surface area contributed by atoms with Crippen molar-refractivity contribution in [3.63, 3.8) is 0 Å². The highest BCUT2D eigenvalue weighted by atomic mass is 16.5. The van der Waals surface area contributed by atoms with Gasteiger partial charge in [-0.3, -0.25) is 4.79 Å². The van der Waals surface area contributed by atoms with Crippen LogP contribution in [0.15, 0.2) is 15.3 Å². The monoisotopic (exact) mass is 388 g/mol. The van der Waals surface area contributed by atoms with Crippen molar-refractivity contribution in [2.45, 2.75) is 65.4 Å². The van der Waals surface area contributed by atoms with Gasteiger partial charge in [0.1, 0.15) is 29.3 Å². The molecule has 0 bridgehead atoms. The topological polar surface area (TPSA) is 86.0 Å². The van der Waals surface area contributed by atoms with Crippen molar-refractivity contribution < 1.29 is 23.8 Å². The zero-order valence-electron chi connectivity index (χ0n) is 17.0. The van der Waals surface area contributed by atoms with Crippen LogP contribution in [0.3, 0.4) is 0 Å². The number of ketones is 1. The van der Waals surface area contributed by atoms with E-state index in [0.29, 0.717) is 29.7 Å². The van der Waals surface area contributed by atoms with Gasteiger partial charge in [-0.25, -0.2) is 4.79 Å². The molecule has 152 valence electrons. The van der Waals surface area contributed by atoms with Gasteiger partial charge in [-0.05, 0) is 38.7 Å². The van der Waals surface area contributed by atoms with Crippen LogP contribution in [0.5, 0.6) is 11.5 Å². The Morgan fingerprint density at radius 1 is 1.32 bits per heavy atom. The third-order valence-corrected chi connectivity index (χ3v) is 5.08. The van der Waals surface area contributed by atoms with E-state index in [4.69, 9.17) is 13.9 Å². The number of fused-ring (bicyclic) bond motifs is 3. The molecule has 6 nitrogen and oxygen atoms in total. The number of carbonyl (C=O) groups excluding carboxylic acids is 1. The summed E-state index contributed by atoms with van der Waals surface area (Å²) in [5.41, 5.74) is 1.26. The number of hydrogen-bond donors (Lipinski definition) is 1. The second-order valence-electron chi connectivity index (χ2n) is 7.77. The quantitative estimate of drug-likeness (QED) is 0.573. The normalized spacial score (nSPS) is 15.2. The summed E-state index contributed by atoms with van der Waals surface area (Å²) in [4.78, 5) is 25.1. The van der Waals surface area contributed by atoms with Crippen LogP contribution in [0.25, 0.3) is 11.0 Å².